The number of hydrogen-bond acceptors (Lipinski definition) is 3. The molecule has 4 heterocycles. The minimum atomic E-state index is -0.153. The molecule has 14 rings (SSSR count). The number of furan rings is 1. The van der Waals surface area contributed by atoms with Gasteiger partial charge in [-0.1, -0.05) is 127 Å². The zero-order valence-electron chi connectivity index (χ0n) is 34.8. The number of anilines is 4. The predicted molar refractivity (Wildman–Crippen MR) is 267 cm³/mol. The Morgan fingerprint density at radius 2 is 1.08 bits per heavy atom. The van der Waals surface area contributed by atoms with Crippen molar-refractivity contribution in [2.24, 2.45) is 0 Å². The van der Waals surface area contributed by atoms with E-state index in [2.05, 4.69) is 205 Å². The lowest BCUT2D eigenvalue weighted by Gasteiger charge is -2.41. The van der Waals surface area contributed by atoms with Crippen molar-refractivity contribution in [3.05, 3.63) is 193 Å². The molecule has 2 aliphatic heterocycles. The van der Waals surface area contributed by atoms with Crippen molar-refractivity contribution >= 4 is 106 Å². The number of benzene rings is 10. The third-order valence-electron chi connectivity index (χ3n) is 14.2. The summed E-state index contributed by atoms with van der Waals surface area (Å²) in [4.78, 5) is 2.52. The number of fused-ring (bicyclic) bond motifs is 13. The smallest absolute Gasteiger partial charge is 0.333 e. The lowest BCUT2D eigenvalue weighted by Crippen LogP contribution is -2.56. The average Bonchev–Trinajstić information content (AvgIpc) is 3.88. The van der Waals surface area contributed by atoms with Crippen LogP contribution in [0, 0.1) is 13.8 Å². The Kier molecular flexibility index (Phi) is 6.89. The Hall–Kier alpha value is -8.02. The van der Waals surface area contributed by atoms with Crippen LogP contribution in [0.1, 0.15) is 11.1 Å². The van der Waals surface area contributed by atoms with Crippen LogP contribution in [0.2, 0.25) is 0 Å². The highest BCUT2D eigenvalue weighted by molar-refractivity contribution is 6.90. The monoisotopic (exact) mass is 803 g/mol. The van der Waals surface area contributed by atoms with Crippen molar-refractivity contribution in [1.29, 1.82) is 0 Å². The zero-order valence-corrected chi connectivity index (χ0v) is 34.8. The fraction of sp³-hybridized carbons (Fsp3) is 0.0345. The Morgan fingerprint density at radius 3 is 1.78 bits per heavy atom. The molecule has 0 radical (unpaired) electrons. The van der Waals surface area contributed by atoms with Crippen molar-refractivity contribution in [3.63, 3.8) is 0 Å². The van der Waals surface area contributed by atoms with Crippen molar-refractivity contribution in [2.45, 2.75) is 13.8 Å². The highest BCUT2D eigenvalue weighted by Gasteiger charge is 2.44. The fourth-order valence-electron chi connectivity index (χ4n) is 11.4. The number of aromatic nitrogens is 1. The quantitative estimate of drug-likeness (QED) is 0.110. The van der Waals surface area contributed by atoms with Crippen molar-refractivity contribution in [2.75, 3.05) is 10.6 Å². The third-order valence-corrected chi connectivity index (χ3v) is 14.2. The normalized spacial score (nSPS) is 12.9. The van der Waals surface area contributed by atoms with Crippen LogP contribution in [-0.4, -0.2) is 11.3 Å². The first-order valence-electron chi connectivity index (χ1n) is 21.8. The van der Waals surface area contributed by atoms with Gasteiger partial charge in [-0.25, -0.2) is 0 Å². The van der Waals surface area contributed by atoms with Crippen LogP contribution in [0.25, 0.3) is 98.7 Å². The van der Waals surface area contributed by atoms with Crippen molar-refractivity contribution < 1.29 is 4.42 Å². The van der Waals surface area contributed by atoms with Gasteiger partial charge in [0.1, 0.15) is 11.2 Å². The molecule has 0 amide bonds. The molecule has 0 fully saturated rings. The molecule has 2 aliphatic rings. The van der Waals surface area contributed by atoms with Crippen LogP contribution < -0.4 is 21.6 Å². The molecule has 5 heteroatoms. The van der Waals surface area contributed by atoms with Gasteiger partial charge in [0.2, 0.25) is 0 Å². The summed E-state index contributed by atoms with van der Waals surface area (Å²) < 4.78 is 9.47. The van der Waals surface area contributed by atoms with E-state index in [-0.39, 0.29) is 6.85 Å². The van der Waals surface area contributed by atoms with E-state index in [1.165, 1.54) is 76.7 Å². The molecule has 2 N–H and O–H groups in total. The standard InChI is InChI=1S/C58H38BN3O/c1-33-41-19-9-10-20-42(41)34(2)46-32-52-50(31-45(33)46)59-56-47(48-30-49-43-21-12-14-24-54(43)63-58(49)55-44-22-11-13-23-51(44)62(59)57(48)55)28-39(60)29-53(56)61(52)40-26-37(35-15-5-3-6-16-35)25-38(27-40)36-17-7-4-8-18-36/h3-32H,60H2,1-2H3. The molecule has 0 saturated heterocycles. The molecule has 0 aliphatic carbocycles. The molecule has 2 aromatic heterocycles. The minimum absolute atomic E-state index is 0.153. The first-order chi connectivity index (χ1) is 31.0. The number of nitrogen functional groups attached to an aromatic ring is 1. The van der Waals surface area contributed by atoms with Gasteiger partial charge < -0.3 is 19.5 Å². The molecular weight excluding hydrogens is 765 g/mol. The van der Waals surface area contributed by atoms with E-state index in [0.29, 0.717) is 0 Å². The second-order valence-electron chi connectivity index (χ2n) is 17.5. The van der Waals surface area contributed by atoms with Gasteiger partial charge in [-0.15, -0.1) is 0 Å². The molecule has 63 heavy (non-hydrogen) atoms. The van der Waals surface area contributed by atoms with Gasteiger partial charge in [0.05, 0.1) is 5.39 Å². The van der Waals surface area contributed by atoms with E-state index >= 15 is 0 Å². The number of hydrogen-bond donors (Lipinski definition) is 1. The first-order valence-corrected chi connectivity index (χ1v) is 21.8. The van der Waals surface area contributed by atoms with Gasteiger partial charge in [0, 0.05) is 55.5 Å². The summed E-state index contributed by atoms with van der Waals surface area (Å²) in [5.74, 6) is 0. The topological polar surface area (TPSA) is 47.3 Å². The summed E-state index contributed by atoms with van der Waals surface area (Å²) in [6, 6.07) is 66.6. The minimum Gasteiger partial charge on any atom is -0.455 e. The fourth-order valence-corrected chi connectivity index (χ4v) is 11.4. The van der Waals surface area contributed by atoms with E-state index < -0.39 is 0 Å². The summed E-state index contributed by atoms with van der Waals surface area (Å²) in [7, 11) is 0. The van der Waals surface area contributed by atoms with Crippen molar-refractivity contribution in [1.82, 2.24) is 4.48 Å². The lowest BCUT2D eigenvalue weighted by atomic mass is 9.45. The average molecular weight is 804 g/mol. The predicted octanol–water partition coefficient (Wildman–Crippen LogP) is 14.0. The summed E-state index contributed by atoms with van der Waals surface area (Å²) in [5.41, 5.74) is 27.5. The largest absolute Gasteiger partial charge is 0.455 e. The Morgan fingerprint density at radius 1 is 0.476 bits per heavy atom. The molecule has 0 unspecified atom stereocenters. The molecule has 294 valence electrons. The van der Waals surface area contributed by atoms with E-state index in [4.69, 9.17) is 10.2 Å². The molecule has 4 nitrogen and oxygen atoms in total. The van der Waals surface area contributed by atoms with Crippen molar-refractivity contribution in [3.8, 4) is 33.4 Å². The summed E-state index contributed by atoms with van der Waals surface area (Å²) in [5, 5.41) is 9.68. The maximum atomic E-state index is 7.18. The van der Waals surface area contributed by atoms with Crippen LogP contribution >= 0.6 is 0 Å². The molecule has 10 aromatic carbocycles. The molecule has 0 spiro atoms. The van der Waals surface area contributed by atoms with Crippen LogP contribution in [0.4, 0.5) is 22.7 Å². The first kappa shape index (κ1) is 34.7. The molecule has 0 saturated carbocycles. The van der Waals surface area contributed by atoms with Crippen LogP contribution in [0.3, 0.4) is 0 Å². The van der Waals surface area contributed by atoms with Crippen LogP contribution in [0.5, 0.6) is 0 Å². The van der Waals surface area contributed by atoms with Gasteiger partial charge in [-0.05, 0) is 140 Å². The maximum absolute atomic E-state index is 7.18. The van der Waals surface area contributed by atoms with E-state index in [1.807, 2.05) is 0 Å². The molecule has 0 atom stereocenters. The highest BCUT2D eigenvalue weighted by atomic mass is 16.3. The van der Waals surface area contributed by atoms with Gasteiger partial charge in [0.25, 0.3) is 0 Å². The van der Waals surface area contributed by atoms with Gasteiger partial charge in [-0.2, -0.15) is 0 Å². The summed E-state index contributed by atoms with van der Waals surface area (Å²) in [6.45, 7) is 4.43. The van der Waals surface area contributed by atoms with Gasteiger partial charge in [0.15, 0.2) is 0 Å². The second-order valence-corrected chi connectivity index (χ2v) is 17.5. The SMILES string of the molecule is Cc1c2ccccc2c(C)c2cc3c(cc12)B1c2c(cc(N)cc2N3c2cc(-c3ccccc3)cc(-c3ccccc3)c2)-c2cc3c4ccccc4oc3c3c4ccccc4n1c23. The Balaban J connectivity index is 1.17. The number of nitrogens with zero attached hydrogens (tertiary/aromatic N) is 2. The lowest BCUT2D eigenvalue weighted by molar-refractivity contribution is 0.673. The number of para-hydroxylation sites is 2. The van der Waals surface area contributed by atoms with Crippen LogP contribution in [-0.2, 0) is 0 Å². The molecular formula is C58H38BN3O. The van der Waals surface area contributed by atoms with Gasteiger partial charge >= 0.3 is 6.85 Å². The molecule has 0 bridgehead atoms. The number of nitrogens with two attached hydrogens (primary N) is 1. The maximum Gasteiger partial charge on any atom is 0.333 e. The summed E-state index contributed by atoms with van der Waals surface area (Å²) >= 11 is 0. The van der Waals surface area contributed by atoms with Crippen LogP contribution in [0.15, 0.2) is 186 Å². The van der Waals surface area contributed by atoms with E-state index in [0.717, 1.165) is 66.8 Å². The third kappa shape index (κ3) is 4.66. The highest BCUT2D eigenvalue weighted by Crippen LogP contribution is 2.51. The Bertz CT molecular complexity index is 3900. The second kappa shape index (κ2) is 12.5. The van der Waals surface area contributed by atoms with E-state index in [9.17, 15) is 0 Å². The van der Waals surface area contributed by atoms with Gasteiger partial charge in [-0.3, -0.25) is 0 Å². The zero-order chi connectivity index (χ0) is 41.7. The number of rotatable bonds is 3. The molecule has 12 aromatic rings. The summed E-state index contributed by atoms with van der Waals surface area (Å²) in [6.07, 6.45) is 0. The number of aryl methyl sites for hydroxylation is 2. The Labute approximate surface area is 364 Å². The van der Waals surface area contributed by atoms with E-state index in [1.54, 1.807) is 0 Å².